The Balaban J connectivity index is 1.49. The molecule has 6 heteroatoms. The van der Waals surface area contributed by atoms with Gasteiger partial charge in [0, 0.05) is 37.9 Å². The number of aromatic nitrogens is 3. The second kappa shape index (κ2) is 6.36. The minimum atomic E-state index is 0.965. The van der Waals surface area contributed by atoms with Crippen LogP contribution in [-0.2, 0) is 6.42 Å². The Morgan fingerprint density at radius 2 is 1.83 bits per heavy atom. The number of rotatable bonds is 3. The third-order valence-electron chi connectivity index (χ3n) is 4.51. The third-order valence-corrected chi connectivity index (χ3v) is 5.59. The molecule has 0 bridgehead atoms. The Hall–Kier alpha value is -2.21. The summed E-state index contributed by atoms with van der Waals surface area (Å²) >= 11 is 1.80. The first-order chi connectivity index (χ1) is 11.7. The van der Waals surface area contributed by atoms with Crippen LogP contribution in [0.2, 0.25) is 0 Å². The topological polar surface area (TPSA) is 45.2 Å². The van der Waals surface area contributed by atoms with Gasteiger partial charge in [-0.3, -0.25) is 0 Å². The Morgan fingerprint density at radius 1 is 1.04 bits per heavy atom. The molecule has 0 N–H and O–H groups in total. The zero-order chi connectivity index (χ0) is 16.5. The fraction of sp³-hybridized carbons (Fsp3) is 0.389. The summed E-state index contributed by atoms with van der Waals surface area (Å²) in [5.74, 6) is 1.03. The van der Waals surface area contributed by atoms with Crippen molar-refractivity contribution < 1.29 is 0 Å². The van der Waals surface area contributed by atoms with E-state index in [-0.39, 0.29) is 0 Å². The summed E-state index contributed by atoms with van der Waals surface area (Å²) in [5, 5.41) is 1.14. The van der Waals surface area contributed by atoms with Crippen LogP contribution < -0.4 is 9.80 Å². The van der Waals surface area contributed by atoms with Crippen molar-refractivity contribution in [2.24, 2.45) is 0 Å². The zero-order valence-corrected chi connectivity index (χ0v) is 14.9. The Bertz CT molecular complexity index is 851. The largest absolute Gasteiger partial charge is 0.353 e. The number of thiazole rings is 1. The van der Waals surface area contributed by atoms with Crippen molar-refractivity contribution in [3.8, 4) is 0 Å². The molecule has 0 radical (unpaired) electrons. The van der Waals surface area contributed by atoms with E-state index in [2.05, 4.69) is 51.0 Å². The average molecular weight is 339 g/mol. The number of hydrogen-bond donors (Lipinski definition) is 0. The number of fused-ring (bicyclic) bond motifs is 1. The molecule has 124 valence electrons. The predicted octanol–water partition coefficient (Wildman–Crippen LogP) is 3.28. The molecule has 0 unspecified atom stereocenters. The van der Waals surface area contributed by atoms with E-state index >= 15 is 0 Å². The van der Waals surface area contributed by atoms with Crippen molar-refractivity contribution >= 4 is 32.5 Å². The second-order valence-corrected chi connectivity index (χ2v) is 7.15. The molecule has 24 heavy (non-hydrogen) atoms. The minimum Gasteiger partial charge on any atom is -0.353 e. The Labute approximate surface area is 146 Å². The van der Waals surface area contributed by atoms with E-state index in [1.165, 1.54) is 10.3 Å². The van der Waals surface area contributed by atoms with Crippen LogP contribution in [0.4, 0.5) is 10.9 Å². The van der Waals surface area contributed by atoms with E-state index in [9.17, 15) is 0 Å². The number of piperazine rings is 1. The molecule has 1 fully saturated rings. The second-order valence-electron chi connectivity index (χ2n) is 6.14. The van der Waals surface area contributed by atoms with Gasteiger partial charge >= 0.3 is 0 Å². The molecule has 1 aromatic carbocycles. The van der Waals surface area contributed by atoms with Gasteiger partial charge in [-0.15, -0.1) is 0 Å². The van der Waals surface area contributed by atoms with Crippen LogP contribution in [-0.4, -0.2) is 41.1 Å². The van der Waals surface area contributed by atoms with Crippen LogP contribution in [0.3, 0.4) is 0 Å². The summed E-state index contributed by atoms with van der Waals surface area (Å²) < 4.78 is 1.29. The fourth-order valence-corrected chi connectivity index (χ4v) is 4.13. The highest BCUT2D eigenvalue weighted by Crippen LogP contribution is 2.30. The van der Waals surface area contributed by atoms with E-state index in [1.807, 2.05) is 6.92 Å². The highest BCUT2D eigenvalue weighted by atomic mass is 32.1. The summed E-state index contributed by atoms with van der Waals surface area (Å²) in [6.07, 6.45) is 2.72. The average Bonchev–Trinajstić information content (AvgIpc) is 3.05. The molecular formula is C18H21N5S. The summed E-state index contributed by atoms with van der Waals surface area (Å²) in [6, 6.07) is 8.66. The number of benzene rings is 1. The van der Waals surface area contributed by atoms with Crippen LogP contribution in [0.25, 0.3) is 10.2 Å². The van der Waals surface area contributed by atoms with Crippen molar-refractivity contribution in [3.05, 3.63) is 41.9 Å². The van der Waals surface area contributed by atoms with Gasteiger partial charge in [-0.2, -0.15) is 0 Å². The Morgan fingerprint density at radius 3 is 2.58 bits per heavy atom. The lowest BCUT2D eigenvalue weighted by molar-refractivity contribution is 0.645. The summed E-state index contributed by atoms with van der Waals surface area (Å²) in [4.78, 5) is 18.1. The van der Waals surface area contributed by atoms with Gasteiger partial charge in [-0.25, -0.2) is 15.0 Å². The van der Waals surface area contributed by atoms with Gasteiger partial charge in [0.05, 0.1) is 10.2 Å². The number of aryl methyl sites for hydroxylation is 2. The van der Waals surface area contributed by atoms with Crippen LogP contribution in [0, 0.1) is 6.92 Å². The molecule has 0 amide bonds. The van der Waals surface area contributed by atoms with E-state index in [1.54, 1.807) is 17.7 Å². The van der Waals surface area contributed by atoms with Crippen molar-refractivity contribution in [1.29, 1.82) is 0 Å². The number of anilines is 2. The SMILES string of the molecule is CCc1ccc2nc(N3CCN(c4cc(C)ncn4)CC3)sc2c1. The molecule has 1 aliphatic rings. The molecule has 5 nitrogen and oxygen atoms in total. The molecule has 0 atom stereocenters. The van der Waals surface area contributed by atoms with Gasteiger partial charge in [-0.1, -0.05) is 24.3 Å². The normalized spacial score (nSPS) is 15.2. The lowest BCUT2D eigenvalue weighted by Gasteiger charge is -2.35. The zero-order valence-electron chi connectivity index (χ0n) is 14.1. The van der Waals surface area contributed by atoms with Gasteiger partial charge in [0.2, 0.25) is 0 Å². The maximum atomic E-state index is 4.82. The van der Waals surface area contributed by atoms with E-state index in [0.717, 1.165) is 54.8 Å². The third kappa shape index (κ3) is 2.94. The maximum Gasteiger partial charge on any atom is 0.186 e. The van der Waals surface area contributed by atoms with Crippen LogP contribution in [0.5, 0.6) is 0 Å². The highest BCUT2D eigenvalue weighted by molar-refractivity contribution is 7.22. The first-order valence-electron chi connectivity index (χ1n) is 8.41. The molecule has 4 rings (SSSR count). The molecular weight excluding hydrogens is 318 g/mol. The summed E-state index contributed by atoms with van der Waals surface area (Å²) in [5.41, 5.74) is 3.50. The first kappa shape index (κ1) is 15.3. The molecule has 1 aliphatic heterocycles. The van der Waals surface area contributed by atoms with Gasteiger partial charge < -0.3 is 9.80 Å². The highest BCUT2D eigenvalue weighted by Gasteiger charge is 2.20. The maximum absolute atomic E-state index is 4.82. The van der Waals surface area contributed by atoms with Gasteiger partial charge in [0.1, 0.15) is 12.1 Å². The van der Waals surface area contributed by atoms with Crippen molar-refractivity contribution in [1.82, 2.24) is 15.0 Å². The quantitative estimate of drug-likeness (QED) is 0.733. The van der Waals surface area contributed by atoms with Crippen LogP contribution in [0.1, 0.15) is 18.2 Å². The molecule has 2 aromatic heterocycles. The van der Waals surface area contributed by atoms with Crippen LogP contribution in [0.15, 0.2) is 30.6 Å². The molecule has 0 saturated carbocycles. The molecule has 3 heterocycles. The van der Waals surface area contributed by atoms with Crippen molar-refractivity contribution in [2.45, 2.75) is 20.3 Å². The lowest BCUT2D eigenvalue weighted by atomic mass is 10.2. The van der Waals surface area contributed by atoms with Crippen LogP contribution >= 0.6 is 11.3 Å². The molecule has 1 saturated heterocycles. The molecule has 0 aliphatic carbocycles. The lowest BCUT2D eigenvalue weighted by Crippen LogP contribution is -2.46. The molecule has 0 spiro atoms. The van der Waals surface area contributed by atoms with Gasteiger partial charge in [0.15, 0.2) is 5.13 Å². The monoisotopic (exact) mass is 339 g/mol. The fourth-order valence-electron chi connectivity index (χ4n) is 3.05. The summed E-state index contributed by atoms with van der Waals surface area (Å²) in [6.45, 7) is 8.08. The van der Waals surface area contributed by atoms with Crippen molar-refractivity contribution in [3.63, 3.8) is 0 Å². The smallest absolute Gasteiger partial charge is 0.186 e. The van der Waals surface area contributed by atoms with E-state index < -0.39 is 0 Å². The molecule has 3 aromatic rings. The van der Waals surface area contributed by atoms with Crippen molar-refractivity contribution in [2.75, 3.05) is 36.0 Å². The van der Waals surface area contributed by atoms with E-state index in [4.69, 9.17) is 4.98 Å². The minimum absolute atomic E-state index is 0.965. The number of hydrogen-bond acceptors (Lipinski definition) is 6. The van der Waals surface area contributed by atoms with Gasteiger partial charge in [-0.05, 0) is 31.0 Å². The predicted molar refractivity (Wildman–Crippen MR) is 100 cm³/mol. The standard InChI is InChI=1S/C18H21N5S/c1-3-14-4-5-15-16(11-14)24-18(21-15)23-8-6-22(7-9-23)17-10-13(2)19-12-20-17/h4-5,10-12H,3,6-9H2,1-2H3. The van der Waals surface area contributed by atoms with Gasteiger partial charge in [0.25, 0.3) is 0 Å². The van der Waals surface area contributed by atoms with E-state index in [0.29, 0.717) is 0 Å². The Kier molecular flexibility index (Phi) is 4.06. The number of nitrogens with zero attached hydrogens (tertiary/aromatic N) is 5. The summed E-state index contributed by atoms with van der Waals surface area (Å²) in [7, 11) is 0. The first-order valence-corrected chi connectivity index (χ1v) is 9.22.